The summed E-state index contributed by atoms with van der Waals surface area (Å²) in [6.07, 6.45) is 3.50. The maximum atomic E-state index is 12.6. The van der Waals surface area contributed by atoms with Crippen LogP contribution in [0.3, 0.4) is 0 Å². The molecule has 1 aliphatic heterocycles. The number of hydrogen-bond donors (Lipinski definition) is 0. The van der Waals surface area contributed by atoms with Crippen LogP contribution in [0.2, 0.25) is 0 Å². The molecular weight excluding hydrogens is 348 g/mol. The van der Waals surface area contributed by atoms with Crippen LogP contribution in [0.5, 0.6) is 5.75 Å². The minimum absolute atomic E-state index is 0.00224. The van der Waals surface area contributed by atoms with Gasteiger partial charge in [0.05, 0.1) is 29.5 Å². The van der Waals surface area contributed by atoms with Gasteiger partial charge in [0.15, 0.2) is 0 Å². The number of amides is 1. The molecule has 2 heterocycles. The largest absolute Gasteiger partial charge is 0.487 e. The van der Waals surface area contributed by atoms with Crippen LogP contribution in [0.1, 0.15) is 30.1 Å². The highest BCUT2D eigenvalue weighted by molar-refractivity contribution is 7.09. The second-order valence-corrected chi connectivity index (χ2v) is 7.56. The molecule has 0 aliphatic carbocycles. The van der Waals surface area contributed by atoms with E-state index in [9.17, 15) is 4.79 Å². The molecule has 0 radical (unpaired) electrons. The molecule has 1 aromatic heterocycles. The highest BCUT2D eigenvalue weighted by Gasteiger charge is 2.26. The number of morpholine rings is 1. The van der Waals surface area contributed by atoms with Crippen LogP contribution in [0.25, 0.3) is 6.08 Å². The van der Waals surface area contributed by atoms with E-state index in [1.165, 1.54) is 0 Å². The Morgan fingerprint density at radius 1 is 1.42 bits per heavy atom. The Bertz CT molecular complexity index is 787. The maximum Gasteiger partial charge on any atom is 0.246 e. The number of carbonyl (C=O) groups is 1. The van der Waals surface area contributed by atoms with Crippen molar-refractivity contribution in [3.05, 3.63) is 52.0 Å². The number of carbonyl (C=O) groups excluding carboxylic acids is 1. The van der Waals surface area contributed by atoms with Gasteiger partial charge in [-0.25, -0.2) is 4.98 Å². The molecule has 1 amide bonds. The third kappa shape index (κ3) is 4.71. The first-order valence-corrected chi connectivity index (χ1v) is 9.64. The summed E-state index contributed by atoms with van der Waals surface area (Å²) in [7, 11) is 0. The molecule has 1 aromatic carbocycles. The topological polar surface area (TPSA) is 51.7 Å². The van der Waals surface area contributed by atoms with Crippen molar-refractivity contribution in [2.45, 2.75) is 39.5 Å². The molecule has 0 saturated carbocycles. The van der Waals surface area contributed by atoms with Crippen molar-refractivity contribution in [1.29, 1.82) is 0 Å². The van der Waals surface area contributed by atoms with Crippen LogP contribution in [-0.4, -0.2) is 41.1 Å². The molecule has 6 heteroatoms. The van der Waals surface area contributed by atoms with E-state index in [-0.39, 0.29) is 18.1 Å². The third-order valence-electron chi connectivity index (χ3n) is 4.26. The van der Waals surface area contributed by atoms with Gasteiger partial charge in [0.2, 0.25) is 5.91 Å². The van der Waals surface area contributed by atoms with Crippen LogP contribution in [0, 0.1) is 6.92 Å². The molecule has 5 nitrogen and oxygen atoms in total. The number of hydrogen-bond acceptors (Lipinski definition) is 5. The highest BCUT2D eigenvalue weighted by atomic mass is 32.1. The summed E-state index contributed by atoms with van der Waals surface area (Å²) in [6, 6.07) is 7.79. The lowest BCUT2D eigenvalue weighted by Crippen LogP contribution is -2.49. The second-order valence-electron chi connectivity index (χ2n) is 6.50. The molecular formula is C20H24N2O3S. The zero-order valence-electron chi connectivity index (χ0n) is 15.3. The number of rotatable bonds is 5. The van der Waals surface area contributed by atoms with Crippen LogP contribution >= 0.6 is 11.3 Å². The van der Waals surface area contributed by atoms with Crippen LogP contribution in [0.4, 0.5) is 0 Å². The van der Waals surface area contributed by atoms with E-state index in [2.05, 4.69) is 4.98 Å². The van der Waals surface area contributed by atoms with Crippen molar-refractivity contribution in [3.8, 4) is 5.75 Å². The molecule has 2 aromatic rings. The van der Waals surface area contributed by atoms with Gasteiger partial charge in [-0.3, -0.25) is 4.79 Å². The number of para-hydroxylation sites is 1. The summed E-state index contributed by atoms with van der Waals surface area (Å²) >= 11 is 1.61. The fourth-order valence-electron chi connectivity index (χ4n) is 2.84. The fraction of sp³-hybridized carbons (Fsp3) is 0.400. The fourth-order valence-corrected chi connectivity index (χ4v) is 3.44. The normalized spacial score (nSPS) is 20.5. The van der Waals surface area contributed by atoms with Gasteiger partial charge in [-0.1, -0.05) is 18.2 Å². The molecule has 1 saturated heterocycles. The molecule has 1 fully saturated rings. The van der Waals surface area contributed by atoms with E-state index >= 15 is 0 Å². The first kappa shape index (κ1) is 18.6. The van der Waals surface area contributed by atoms with Gasteiger partial charge in [0, 0.05) is 23.6 Å². The molecule has 0 spiro atoms. The number of aromatic nitrogens is 1. The van der Waals surface area contributed by atoms with Crippen molar-refractivity contribution in [3.63, 3.8) is 0 Å². The Morgan fingerprint density at radius 3 is 3.00 bits per heavy atom. The molecule has 0 N–H and O–H groups in total. The first-order chi connectivity index (χ1) is 12.5. The van der Waals surface area contributed by atoms with Crippen molar-refractivity contribution in [1.82, 2.24) is 9.88 Å². The van der Waals surface area contributed by atoms with E-state index in [1.807, 2.05) is 61.4 Å². The molecule has 2 atom stereocenters. The van der Waals surface area contributed by atoms with Gasteiger partial charge in [0.1, 0.15) is 12.4 Å². The maximum absolute atomic E-state index is 12.6. The average Bonchev–Trinajstić information content (AvgIpc) is 3.06. The highest BCUT2D eigenvalue weighted by Crippen LogP contribution is 2.22. The van der Waals surface area contributed by atoms with Gasteiger partial charge in [-0.2, -0.15) is 0 Å². The number of aryl methyl sites for hydroxylation is 1. The molecule has 1 aliphatic rings. The Kier molecular flexibility index (Phi) is 6.06. The monoisotopic (exact) mass is 372 g/mol. The Hall–Kier alpha value is -2.18. The summed E-state index contributed by atoms with van der Waals surface area (Å²) in [6.45, 7) is 7.58. The van der Waals surface area contributed by atoms with E-state index in [4.69, 9.17) is 9.47 Å². The lowest BCUT2D eigenvalue weighted by Gasteiger charge is -2.36. The zero-order chi connectivity index (χ0) is 18.5. The van der Waals surface area contributed by atoms with Gasteiger partial charge in [-0.05, 0) is 32.9 Å². The molecule has 26 heavy (non-hydrogen) atoms. The van der Waals surface area contributed by atoms with E-state index in [1.54, 1.807) is 17.4 Å². The van der Waals surface area contributed by atoms with Gasteiger partial charge >= 0.3 is 0 Å². The Morgan fingerprint density at radius 2 is 2.23 bits per heavy atom. The summed E-state index contributed by atoms with van der Waals surface area (Å²) in [4.78, 5) is 18.8. The lowest BCUT2D eigenvalue weighted by atomic mass is 10.1. The SMILES string of the molecule is Cc1nc(COc2ccccc2/C=C/C(=O)N2CC(C)OCC2C)cs1. The summed E-state index contributed by atoms with van der Waals surface area (Å²) < 4.78 is 11.5. The first-order valence-electron chi connectivity index (χ1n) is 8.76. The minimum Gasteiger partial charge on any atom is -0.487 e. The Balaban J connectivity index is 1.67. The van der Waals surface area contributed by atoms with Crippen molar-refractivity contribution >= 4 is 23.3 Å². The third-order valence-corrected chi connectivity index (χ3v) is 5.08. The van der Waals surface area contributed by atoms with Gasteiger partial charge in [-0.15, -0.1) is 11.3 Å². The van der Waals surface area contributed by atoms with E-state index in [0.29, 0.717) is 19.8 Å². The number of benzene rings is 1. The van der Waals surface area contributed by atoms with E-state index < -0.39 is 0 Å². The van der Waals surface area contributed by atoms with Crippen molar-refractivity contribution in [2.75, 3.05) is 13.2 Å². The zero-order valence-corrected chi connectivity index (χ0v) is 16.2. The lowest BCUT2D eigenvalue weighted by molar-refractivity contribution is -0.137. The predicted octanol–water partition coefficient (Wildman–Crippen LogP) is 3.68. The summed E-state index contributed by atoms with van der Waals surface area (Å²) in [5, 5.41) is 3.02. The molecule has 138 valence electrons. The van der Waals surface area contributed by atoms with Crippen LogP contribution in [0.15, 0.2) is 35.7 Å². The molecule has 2 unspecified atom stereocenters. The minimum atomic E-state index is -0.00224. The second kappa shape index (κ2) is 8.47. The molecule has 3 rings (SSSR count). The van der Waals surface area contributed by atoms with Crippen LogP contribution < -0.4 is 4.74 Å². The van der Waals surface area contributed by atoms with Crippen molar-refractivity contribution < 1.29 is 14.3 Å². The summed E-state index contributed by atoms with van der Waals surface area (Å²) in [5.74, 6) is 0.739. The number of ether oxygens (including phenoxy) is 2. The predicted molar refractivity (Wildman–Crippen MR) is 103 cm³/mol. The average molecular weight is 372 g/mol. The number of nitrogens with zero attached hydrogens (tertiary/aromatic N) is 2. The standard InChI is InChI=1S/C20H24N2O3S/c1-14-11-24-15(2)10-22(14)20(23)9-8-17-6-4-5-7-19(17)25-12-18-13-26-16(3)21-18/h4-9,13-15H,10-12H2,1-3H3/b9-8+. The Labute approximate surface area is 158 Å². The number of thiazole rings is 1. The van der Waals surface area contributed by atoms with E-state index in [0.717, 1.165) is 22.0 Å². The van der Waals surface area contributed by atoms with Gasteiger partial charge in [0.25, 0.3) is 0 Å². The van der Waals surface area contributed by atoms with Crippen LogP contribution in [-0.2, 0) is 16.1 Å². The van der Waals surface area contributed by atoms with Gasteiger partial charge < -0.3 is 14.4 Å². The molecule has 0 bridgehead atoms. The summed E-state index contributed by atoms with van der Waals surface area (Å²) in [5.41, 5.74) is 1.79. The smallest absolute Gasteiger partial charge is 0.246 e. The quantitative estimate of drug-likeness (QED) is 0.752. The van der Waals surface area contributed by atoms with Crippen molar-refractivity contribution in [2.24, 2.45) is 0 Å².